The normalized spacial score (nSPS) is 14.7. The maximum atomic E-state index is 3.55. The third-order valence-electron chi connectivity index (χ3n) is 3.11. The molecule has 0 atom stereocenters. The third kappa shape index (κ3) is 4.57. The first-order valence-electron chi connectivity index (χ1n) is 6.99. The van der Waals surface area contributed by atoms with E-state index in [2.05, 4.69) is 35.4 Å². The number of hydrogen-bond donors (Lipinski definition) is 2. The Kier molecular flexibility index (Phi) is 6.55. The van der Waals surface area contributed by atoms with E-state index in [0.717, 1.165) is 26.2 Å². The molecule has 0 saturated carbocycles. The molecule has 1 aromatic heterocycles. The highest BCUT2D eigenvalue weighted by Gasteiger charge is 2.12. The van der Waals surface area contributed by atoms with Crippen LogP contribution in [0.25, 0.3) is 0 Å². The van der Waals surface area contributed by atoms with E-state index in [1.165, 1.54) is 35.6 Å². The molecule has 0 spiro atoms. The molecule has 1 aliphatic rings. The van der Waals surface area contributed by atoms with Gasteiger partial charge in [-0.05, 0) is 56.3 Å². The van der Waals surface area contributed by atoms with E-state index in [0.29, 0.717) is 0 Å². The van der Waals surface area contributed by atoms with Gasteiger partial charge in [0.1, 0.15) is 0 Å². The van der Waals surface area contributed by atoms with Crippen LogP contribution >= 0.6 is 23.1 Å². The molecule has 18 heavy (non-hydrogen) atoms. The Labute approximate surface area is 119 Å². The van der Waals surface area contributed by atoms with Crippen molar-refractivity contribution in [2.24, 2.45) is 0 Å². The molecule has 0 unspecified atom stereocenters. The van der Waals surface area contributed by atoms with Crippen molar-refractivity contribution in [3.05, 3.63) is 21.4 Å². The molecule has 0 fully saturated rings. The molecule has 0 amide bonds. The number of nitrogens with one attached hydrogen (secondary N) is 2. The van der Waals surface area contributed by atoms with E-state index in [9.17, 15) is 0 Å². The summed E-state index contributed by atoms with van der Waals surface area (Å²) in [6.45, 7) is 6.67. The molecule has 0 radical (unpaired) electrons. The summed E-state index contributed by atoms with van der Waals surface area (Å²) in [7, 11) is 0. The minimum absolute atomic E-state index is 1.05. The van der Waals surface area contributed by atoms with Crippen LogP contribution in [0, 0.1) is 0 Å². The van der Waals surface area contributed by atoms with Gasteiger partial charge < -0.3 is 10.6 Å². The third-order valence-corrected chi connectivity index (χ3v) is 5.36. The van der Waals surface area contributed by atoms with Crippen molar-refractivity contribution < 1.29 is 0 Å². The molecule has 2 rings (SSSR count). The fraction of sp³-hybridized carbons (Fsp3) is 0.714. The number of thiophene rings is 1. The molecule has 0 bridgehead atoms. The first-order chi connectivity index (χ1) is 8.90. The smallest absolute Gasteiger partial charge is 0.0299 e. The summed E-state index contributed by atoms with van der Waals surface area (Å²) in [5, 5.41) is 6.98. The molecule has 0 aromatic carbocycles. The van der Waals surface area contributed by atoms with Crippen molar-refractivity contribution in [2.75, 3.05) is 25.4 Å². The first-order valence-corrected chi connectivity index (χ1v) is 8.97. The average molecular weight is 284 g/mol. The predicted molar refractivity (Wildman–Crippen MR) is 83.7 cm³/mol. The molecule has 2 N–H and O–H groups in total. The lowest BCUT2D eigenvalue weighted by molar-refractivity contribution is 0.594. The second-order valence-corrected chi connectivity index (χ2v) is 7.07. The maximum Gasteiger partial charge on any atom is 0.0299 e. The van der Waals surface area contributed by atoms with Crippen LogP contribution in [0.5, 0.6) is 0 Å². The molecule has 2 nitrogen and oxygen atoms in total. The zero-order chi connectivity index (χ0) is 12.6. The summed E-state index contributed by atoms with van der Waals surface area (Å²) >= 11 is 4.08. The van der Waals surface area contributed by atoms with E-state index >= 15 is 0 Å². The van der Waals surface area contributed by atoms with Gasteiger partial charge in [0, 0.05) is 22.1 Å². The number of hydrogen-bond acceptors (Lipinski definition) is 4. The van der Waals surface area contributed by atoms with Crippen LogP contribution in [0.15, 0.2) is 6.07 Å². The van der Waals surface area contributed by atoms with Gasteiger partial charge in [0.05, 0.1) is 0 Å². The van der Waals surface area contributed by atoms with Crippen LogP contribution in [-0.4, -0.2) is 25.4 Å². The Morgan fingerprint density at radius 3 is 2.94 bits per heavy atom. The van der Waals surface area contributed by atoms with Crippen molar-refractivity contribution in [3.8, 4) is 0 Å². The lowest BCUT2D eigenvalue weighted by Gasteiger charge is -2.08. The van der Waals surface area contributed by atoms with Crippen LogP contribution in [0.4, 0.5) is 0 Å². The van der Waals surface area contributed by atoms with Crippen LogP contribution in [0.2, 0.25) is 0 Å². The van der Waals surface area contributed by atoms with Gasteiger partial charge in [0.25, 0.3) is 0 Å². The summed E-state index contributed by atoms with van der Waals surface area (Å²) in [4.78, 5) is 3.15. The van der Waals surface area contributed by atoms with Crippen molar-refractivity contribution in [2.45, 2.75) is 38.5 Å². The Morgan fingerprint density at radius 1 is 1.22 bits per heavy atom. The summed E-state index contributed by atoms with van der Waals surface area (Å²) in [6.07, 6.45) is 3.73. The van der Waals surface area contributed by atoms with E-state index < -0.39 is 0 Å². The van der Waals surface area contributed by atoms with Crippen molar-refractivity contribution in [3.63, 3.8) is 0 Å². The molecule has 4 heteroatoms. The fourth-order valence-electron chi connectivity index (χ4n) is 2.15. The van der Waals surface area contributed by atoms with Crippen molar-refractivity contribution >= 4 is 23.1 Å². The van der Waals surface area contributed by atoms with Gasteiger partial charge in [-0.15, -0.1) is 11.3 Å². The van der Waals surface area contributed by atoms with Crippen LogP contribution in [0.1, 0.15) is 35.1 Å². The van der Waals surface area contributed by atoms with Gasteiger partial charge in [-0.1, -0.05) is 6.92 Å². The molecular weight excluding hydrogens is 260 g/mol. The molecule has 102 valence electrons. The predicted octanol–water partition coefficient (Wildman–Crippen LogP) is 3.02. The summed E-state index contributed by atoms with van der Waals surface area (Å²) in [5.74, 6) is 2.54. The monoisotopic (exact) mass is 284 g/mol. The molecular formula is C14H24N2S2. The Morgan fingerprint density at radius 2 is 2.11 bits per heavy atom. The van der Waals surface area contributed by atoms with E-state index in [-0.39, 0.29) is 0 Å². The van der Waals surface area contributed by atoms with Gasteiger partial charge in [-0.2, -0.15) is 11.8 Å². The first kappa shape index (κ1) is 14.4. The van der Waals surface area contributed by atoms with Crippen LogP contribution in [0.3, 0.4) is 0 Å². The molecule has 1 aliphatic heterocycles. The highest BCUT2D eigenvalue weighted by atomic mass is 32.2. The lowest BCUT2D eigenvalue weighted by Crippen LogP contribution is -2.21. The number of rotatable bonds is 8. The minimum Gasteiger partial charge on any atom is -0.317 e. The van der Waals surface area contributed by atoms with E-state index in [4.69, 9.17) is 0 Å². The minimum atomic E-state index is 1.05. The van der Waals surface area contributed by atoms with Gasteiger partial charge in [0.15, 0.2) is 0 Å². The van der Waals surface area contributed by atoms with Gasteiger partial charge in [-0.25, -0.2) is 0 Å². The molecule has 2 heterocycles. The quantitative estimate of drug-likeness (QED) is 0.718. The average Bonchev–Trinajstić information content (AvgIpc) is 2.80. The van der Waals surface area contributed by atoms with Crippen LogP contribution < -0.4 is 10.6 Å². The van der Waals surface area contributed by atoms with E-state index in [1.54, 1.807) is 10.4 Å². The summed E-state index contributed by atoms with van der Waals surface area (Å²) in [5.41, 5.74) is 1.60. The zero-order valence-corrected chi connectivity index (χ0v) is 12.9. The van der Waals surface area contributed by atoms with E-state index in [1.807, 2.05) is 11.3 Å². The largest absolute Gasteiger partial charge is 0.317 e. The Bertz CT molecular complexity index is 326. The Balaban J connectivity index is 1.60. The molecule has 0 aliphatic carbocycles. The SMILES string of the molecule is CCCNCCCNCc1cc2c(s1)CCSC2. The van der Waals surface area contributed by atoms with Crippen molar-refractivity contribution in [1.82, 2.24) is 10.6 Å². The summed E-state index contributed by atoms with van der Waals surface area (Å²) < 4.78 is 0. The van der Waals surface area contributed by atoms with Crippen molar-refractivity contribution in [1.29, 1.82) is 0 Å². The molecule has 0 saturated heterocycles. The van der Waals surface area contributed by atoms with Gasteiger partial charge in [-0.3, -0.25) is 0 Å². The van der Waals surface area contributed by atoms with Gasteiger partial charge >= 0.3 is 0 Å². The second-order valence-electron chi connectivity index (χ2n) is 4.74. The maximum absolute atomic E-state index is 3.55. The topological polar surface area (TPSA) is 24.1 Å². The second kappa shape index (κ2) is 8.20. The van der Waals surface area contributed by atoms with Gasteiger partial charge in [0.2, 0.25) is 0 Å². The number of thioether (sulfide) groups is 1. The Hall–Kier alpha value is -0.0300. The highest BCUT2D eigenvalue weighted by Crippen LogP contribution is 2.31. The summed E-state index contributed by atoms with van der Waals surface area (Å²) in [6, 6.07) is 2.41. The number of fused-ring (bicyclic) bond motifs is 1. The molecule has 1 aromatic rings. The number of aryl methyl sites for hydroxylation is 1. The van der Waals surface area contributed by atoms with Crippen LogP contribution in [-0.2, 0) is 18.7 Å². The highest BCUT2D eigenvalue weighted by molar-refractivity contribution is 7.98. The fourth-order valence-corrected chi connectivity index (χ4v) is 4.50. The lowest BCUT2D eigenvalue weighted by atomic mass is 10.2. The standard InChI is InChI=1S/C14H24N2S2/c1-2-5-15-6-3-7-16-10-13-9-12-11-17-8-4-14(12)18-13/h9,15-16H,2-8,10-11H2,1H3. The zero-order valence-electron chi connectivity index (χ0n) is 11.3.